The van der Waals surface area contributed by atoms with Gasteiger partial charge in [-0.3, -0.25) is 0 Å². The Labute approximate surface area is 85.6 Å². The van der Waals surface area contributed by atoms with E-state index in [1.54, 1.807) is 0 Å². The van der Waals surface area contributed by atoms with Crippen LogP contribution in [0.1, 0.15) is 21.3 Å². The van der Waals surface area contributed by atoms with Gasteiger partial charge in [0.1, 0.15) is 0 Å². The van der Waals surface area contributed by atoms with E-state index in [-0.39, 0.29) is 37.8 Å². The summed E-state index contributed by atoms with van der Waals surface area (Å²) in [6.45, 7) is 6.20. The van der Waals surface area contributed by atoms with E-state index >= 15 is 0 Å². The van der Waals surface area contributed by atoms with Crippen LogP contribution in [0.2, 0.25) is 0 Å². The quantitative estimate of drug-likeness (QED) is 0.438. The predicted octanol–water partition coefficient (Wildman–Crippen LogP) is 1.92. The average molecular weight is 219 g/mol. The number of halogens is 2. The van der Waals surface area contributed by atoms with E-state index in [4.69, 9.17) is 5.11 Å². The molecule has 0 aromatic carbocycles. The van der Waals surface area contributed by atoms with Crippen molar-refractivity contribution in [2.45, 2.75) is 27.6 Å². The number of esters is 1. The highest BCUT2D eigenvalue weighted by atomic mass is 35.5. The lowest BCUT2D eigenvalue weighted by Gasteiger charge is -2.04. The summed E-state index contributed by atoms with van der Waals surface area (Å²) >= 11 is 0. The largest absolute Gasteiger partial charge is 0.433 e. The number of ether oxygens (including phenoxy) is 1. The molecule has 0 saturated carbocycles. The van der Waals surface area contributed by atoms with Crippen molar-refractivity contribution < 1.29 is 14.6 Å². The minimum absolute atomic E-state index is 0. The van der Waals surface area contributed by atoms with Crippen molar-refractivity contribution in [3.05, 3.63) is 12.2 Å². The SMILES string of the molecule is C.C=C(C)C(=O)OC(C)O.Cl.Cl. The van der Waals surface area contributed by atoms with Gasteiger partial charge in [0.25, 0.3) is 0 Å². The zero-order valence-electron chi connectivity index (χ0n) is 6.36. The molecule has 0 aromatic heterocycles. The summed E-state index contributed by atoms with van der Waals surface area (Å²) in [5.74, 6) is -0.565. The summed E-state index contributed by atoms with van der Waals surface area (Å²) in [6.07, 6.45) is -1.05. The zero-order chi connectivity index (χ0) is 7.44. The molecular formula is C7H16Cl2O3. The second-order valence-corrected chi connectivity index (χ2v) is 1.78. The first kappa shape index (κ1) is 22.6. The zero-order valence-corrected chi connectivity index (χ0v) is 8.00. The van der Waals surface area contributed by atoms with E-state index in [2.05, 4.69) is 11.3 Å². The Balaban J connectivity index is -0.000000107. The van der Waals surface area contributed by atoms with Gasteiger partial charge in [-0.25, -0.2) is 4.79 Å². The van der Waals surface area contributed by atoms with Gasteiger partial charge in [0, 0.05) is 5.57 Å². The Morgan fingerprint density at radius 2 is 1.83 bits per heavy atom. The lowest BCUT2D eigenvalue weighted by atomic mass is 10.4. The van der Waals surface area contributed by atoms with E-state index < -0.39 is 12.3 Å². The van der Waals surface area contributed by atoms with Crippen LogP contribution < -0.4 is 0 Å². The number of aliphatic hydroxyl groups is 1. The van der Waals surface area contributed by atoms with Crippen LogP contribution in [0.4, 0.5) is 0 Å². The first-order valence-corrected chi connectivity index (χ1v) is 2.58. The van der Waals surface area contributed by atoms with Crippen LogP contribution in [0.15, 0.2) is 12.2 Å². The van der Waals surface area contributed by atoms with Crippen molar-refractivity contribution in [3.8, 4) is 0 Å². The molecule has 0 amide bonds. The Bertz CT molecular complexity index is 135. The first-order valence-electron chi connectivity index (χ1n) is 2.58. The maximum Gasteiger partial charge on any atom is 0.335 e. The molecule has 76 valence electrons. The molecule has 0 aliphatic heterocycles. The molecule has 0 aromatic rings. The number of rotatable bonds is 2. The molecule has 0 fully saturated rings. The number of carbonyl (C=O) groups excluding carboxylic acids is 1. The summed E-state index contributed by atoms with van der Waals surface area (Å²) in [7, 11) is 0. The molecule has 0 saturated heterocycles. The number of aliphatic hydroxyl groups excluding tert-OH is 1. The predicted molar refractivity (Wildman–Crippen MR) is 53.8 cm³/mol. The van der Waals surface area contributed by atoms with Crippen LogP contribution in [0, 0.1) is 0 Å². The summed E-state index contributed by atoms with van der Waals surface area (Å²) in [5, 5.41) is 8.49. The third-order valence-electron chi connectivity index (χ3n) is 0.626. The van der Waals surface area contributed by atoms with Crippen molar-refractivity contribution in [2.24, 2.45) is 0 Å². The van der Waals surface area contributed by atoms with Gasteiger partial charge < -0.3 is 9.84 Å². The van der Waals surface area contributed by atoms with Crippen molar-refractivity contribution in [1.82, 2.24) is 0 Å². The van der Waals surface area contributed by atoms with Gasteiger partial charge in [-0.1, -0.05) is 14.0 Å². The van der Waals surface area contributed by atoms with Crippen molar-refractivity contribution >= 4 is 30.8 Å². The Kier molecular flexibility index (Phi) is 20.3. The van der Waals surface area contributed by atoms with Gasteiger partial charge in [0.15, 0.2) is 6.29 Å². The molecule has 0 heterocycles. The van der Waals surface area contributed by atoms with E-state index in [9.17, 15) is 4.79 Å². The highest BCUT2D eigenvalue weighted by Gasteiger charge is 2.04. The molecule has 0 radical (unpaired) electrons. The van der Waals surface area contributed by atoms with Crippen molar-refractivity contribution in [3.63, 3.8) is 0 Å². The van der Waals surface area contributed by atoms with Gasteiger partial charge in [-0.05, 0) is 13.8 Å². The van der Waals surface area contributed by atoms with Gasteiger partial charge in [0.2, 0.25) is 0 Å². The van der Waals surface area contributed by atoms with E-state index in [1.165, 1.54) is 13.8 Å². The highest BCUT2D eigenvalue weighted by Crippen LogP contribution is 1.94. The molecule has 5 heteroatoms. The molecule has 0 aliphatic rings. The van der Waals surface area contributed by atoms with E-state index in [0.717, 1.165) is 0 Å². The number of hydrogen-bond acceptors (Lipinski definition) is 3. The number of carbonyl (C=O) groups is 1. The molecule has 0 spiro atoms. The van der Waals surface area contributed by atoms with E-state index in [1.807, 2.05) is 0 Å². The Morgan fingerprint density at radius 3 is 1.92 bits per heavy atom. The van der Waals surface area contributed by atoms with Crippen molar-refractivity contribution in [1.29, 1.82) is 0 Å². The van der Waals surface area contributed by atoms with Crippen LogP contribution >= 0.6 is 24.8 Å². The third-order valence-corrected chi connectivity index (χ3v) is 0.626. The molecule has 0 aliphatic carbocycles. The fourth-order valence-corrected chi connectivity index (χ4v) is 0.255. The fraction of sp³-hybridized carbons (Fsp3) is 0.571. The minimum Gasteiger partial charge on any atom is -0.433 e. The molecule has 1 atom stereocenters. The molecule has 0 rings (SSSR count). The molecule has 0 bridgehead atoms. The second kappa shape index (κ2) is 10.8. The lowest BCUT2D eigenvalue weighted by molar-refractivity contribution is -0.159. The minimum atomic E-state index is -1.05. The summed E-state index contributed by atoms with van der Waals surface area (Å²) < 4.78 is 4.33. The maximum absolute atomic E-state index is 10.5. The molecule has 3 nitrogen and oxygen atoms in total. The Morgan fingerprint density at radius 1 is 1.50 bits per heavy atom. The van der Waals surface area contributed by atoms with Gasteiger partial charge in [0.05, 0.1) is 0 Å². The van der Waals surface area contributed by atoms with Crippen LogP contribution in [0.5, 0.6) is 0 Å². The number of hydrogen-bond donors (Lipinski definition) is 1. The molecule has 1 N–H and O–H groups in total. The highest BCUT2D eigenvalue weighted by molar-refractivity contribution is 5.87. The van der Waals surface area contributed by atoms with Crippen molar-refractivity contribution in [2.75, 3.05) is 0 Å². The normalized spacial score (nSPS) is 9.25. The van der Waals surface area contributed by atoms with Gasteiger partial charge >= 0.3 is 5.97 Å². The molecular weight excluding hydrogens is 203 g/mol. The van der Waals surface area contributed by atoms with Gasteiger partial charge in [-0.15, -0.1) is 24.8 Å². The third kappa shape index (κ3) is 12.4. The first-order chi connectivity index (χ1) is 4.04. The van der Waals surface area contributed by atoms with Crippen LogP contribution in [0.25, 0.3) is 0 Å². The molecule has 12 heavy (non-hydrogen) atoms. The summed E-state index contributed by atoms with van der Waals surface area (Å²) in [4.78, 5) is 10.5. The summed E-state index contributed by atoms with van der Waals surface area (Å²) in [5.41, 5.74) is 0.288. The lowest BCUT2D eigenvalue weighted by Crippen LogP contribution is -2.13. The molecule has 1 unspecified atom stereocenters. The fourth-order valence-electron chi connectivity index (χ4n) is 0.255. The average Bonchev–Trinajstić information content (AvgIpc) is 1.63. The van der Waals surface area contributed by atoms with Crippen LogP contribution in [-0.4, -0.2) is 17.4 Å². The smallest absolute Gasteiger partial charge is 0.335 e. The summed E-state index contributed by atoms with van der Waals surface area (Å²) in [6, 6.07) is 0. The monoisotopic (exact) mass is 218 g/mol. The topological polar surface area (TPSA) is 46.5 Å². The maximum atomic E-state index is 10.5. The van der Waals surface area contributed by atoms with Crippen LogP contribution in [0.3, 0.4) is 0 Å². The standard InChI is InChI=1S/C6H10O3.CH4.2ClH/c1-4(2)6(8)9-5(3)7;;;/h5,7H,1H2,2-3H3;1H4;2*1H. The van der Waals surface area contributed by atoms with Crippen LogP contribution in [-0.2, 0) is 9.53 Å². The second-order valence-electron chi connectivity index (χ2n) is 1.78. The van der Waals surface area contributed by atoms with E-state index in [0.29, 0.717) is 0 Å². The Hall–Kier alpha value is -0.250. The van der Waals surface area contributed by atoms with Gasteiger partial charge in [-0.2, -0.15) is 0 Å².